The molecule has 5 nitrogen and oxygen atoms in total. The molecule has 1 aliphatic carbocycles. The van der Waals surface area contributed by atoms with Crippen LogP contribution in [0.1, 0.15) is 18.7 Å². The van der Waals surface area contributed by atoms with Gasteiger partial charge in [0.1, 0.15) is 0 Å². The Kier molecular flexibility index (Phi) is 1.70. The number of hydrogen-bond donors (Lipinski definition) is 1. The smallest absolute Gasteiger partial charge is 0.254 e. The largest absolute Gasteiger partial charge is 0.307 e. The fraction of sp³-hybridized carbons (Fsp3) is 0.444. The van der Waals surface area contributed by atoms with Crippen LogP contribution in [-0.4, -0.2) is 25.6 Å². The standard InChI is InChI=1S/C9H11N5/c1-4-10-9-13-12-8(14(9)5-1)6-11-7-2-3-7/h1,4-5,7,11H,2-3,6H2. The Labute approximate surface area is 81.2 Å². The van der Waals surface area contributed by atoms with Gasteiger partial charge in [-0.15, -0.1) is 10.2 Å². The molecule has 0 aromatic carbocycles. The molecule has 14 heavy (non-hydrogen) atoms. The minimum Gasteiger partial charge on any atom is -0.307 e. The van der Waals surface area contributed by atoms with Crippen molar-refractivity contribution in [2.75, 3.05) is 0 Å². The third-order valence-corrected chi connectivity index (χ3v) is 2.39. The van der Waals surface area contributed by atoms with E-state index in [2.05, 4.69) is 20.5 Å². The van der Waals surface area contributed by atoms with Crippen molar-refractivity contribution in [1.82, 2.24) is 24.9 Å². The summed E-state index contributed by atoms with van der Waals surface area (Å²) >= 11 is 0. The lowest BCUT2D eigenvalue weighted by atomic mass is 10.5. The molecule has 0 amide bonds. The Morgan fingerprint density at radius 3 is 3.21 bits per heavy atom. The molecule has 5 heteroatoms. The SMILES string of the molecule is c1cnc2nnc(CNC3CC3)n2c1. The van der Waals surface area contributed by atoms with Crippen molar-refractivity contribution >= 4 is 5.78 Å². The average Bonchev–Trinajstić information content (AvgIpc) is 2.96. The number of fused-ring (bicyclic) bond motifs is 1. The summed E-state index contributed by atoms with van der Waals surface area (Å²) in [6.45, 7) is 0.775. The van der Waals surface area contributed by atoms with Gasteiger partial charge in [-0.05, 0) is 18.9 Å². The third-order valence-electron chi connectivity index (χ3n) is 2.39. The summed E-state index contributed by atoms with van der Waals surface area (Å²) in [6, 6.07) is 2.58. The predicted molar refractivity (Wildman–Crippen MR) is 50.6 cm³/mol. The van der Waals surface area contributed by atoms with Gasteiger partial charge in [-0.3, -0.25) is 4.40 Å². The maximum atomic E-state index is 4.11. The van der Waals surface area contributed by atoms with Crippen LogP contribution >= 0.6 is 0 Å². The molecule has 2 aromatic rings. The maximum absolute atomic E-state index is 4.11. The highest BCUT2D eigenvalue weighted by molar-refractivity contribution is 5.26. The van der Waals surface area contributed by atoms with Gasteiger partial charge < -0.3 is 5.32 Å². The number of aromatic nitrogens is 4. The highest BCUT2D eigenvalue weighted by Gasteiger charge is 2.20. The zero-order valence-corrected chi connectivity index (χ0v) is 7.72. The molecule has 0 aliphatic heterocycles. The van der Waals surface area contributed by atoms with Gasteiger partial charge in [0.25, 0.3) is 5.78 Å². The van der Waals surface area contributed by atoms with Crippen LogP contribution in [0.5, 0.6) is 0 Å². The number of nitrogens with one attached hydrogen (secondary N) is 1. The van der Waals surface area contributed by atoms with Crippen molar-refractivity contribution in [3.8, 4) is 0 Å². The highest BCUT2D eigenvalue weighted by Crippen LogP contribution is 2.18. The second kappa shape index (κ2) is 3.02. The summed E-state index contributed by atoms with van der Waals surface area (Å²) in [5.41, 5.74) is 0. The first-order valence-corrected chi connectivity index (χ1v) is 4.81. The maximum Gasteiger partial charge on any atom is 0.254 e. The lowest BCUT2D eigenvalue weighted by Gasteiger charge is -1.99. The van der Waals surface area contributed by atoms with Crippen LogP contribution < -0.4 is 5.32 Å². The molecule has 0 saturated heterocycles. The molecule has 2 heterocycles. The molecule has 1 saturated carbocycles. The summed E-state index contributed by atoms with van der Waals surface area (Å²) < 4.78 is 1.91. The first kappa shape index (κ1) is 7.87. The zero-order chi connectivity index (χ0) is 9.38. The summed E-state index contributed by atoms with van der Waals surface area (Å²) in [4.78, 5) is 4.11. The lowest BCUT2D eigenvalue weighted by molar-refractivity contribution is 0.652. The highest BCUT2D eigenvalue weighted by atomic mass is 15.3. The number of hydrogen-bond acceptors (Lipinski definition) is 4. The van der Waals surface area contributed by atoms with Gasteiger partial charge in [-0.2, -0.15) is 0 Å². The van der Waals surface area contributed by atoms with Crippen LogP contribution in [0.15, 0.2) is 18.5 Å². The van der Waals surface area contributed by atoms with E-state index in [4.69, 9.17) is 0 Å². The molecule has 1 N–H and O–H groups in total. The van der Waals surface area contributed by atoms with Crippen LogP contribution in [0.3, 0.4) is 0 Å². The second-order valence-corrected chi connectivity index (χ2v) is 3.56. The molecule has 0 unspecified atom stereocenters. The van der Waals surface area contributed by atoms with Crippen LogP contribution in [0.4, 0.5) is 0 Å². The average molecular weight is 189 g/mol. The molecule has 0 spiro atoms. The van der Waals surface area contributed by atoms with Gasteiger partial charge in [0, 0.05) is 18.4 Å². The molecule has 72 valence electrons. The van der Waals surface area contributed by atoms with Crippen LogP contribution in [-0.2, 0) is 6.54 Å². The van der Waals surface area contributed by atoms with Crippen molar-refractivity contribution in [3.63, 3.8) is 0 Å². The molecule has 1 fully saturated rings. The van der Waals surface area contributed by atoms with Crippen LogP contribution in [0, 0.1) is 0 Å². The summed E-state index contributed by atoms with van der Waals surface area (Å²) in [5.74, 6) is 1.60. The van der Waals surface area contributed by atoms with Crippen molar-refractivity contribution in [1.29, 1.82) is 0 Å². The van der Waals surface area contributed by atoms with Crippen LogP contribution in [0.2, 0.25) is 0 Å². The number of rotatable bonds is 3. The van der Waals surface area contributed by atoms with Crippen molar-refractivity contribution < 1.29 is 0 Å². The van der Waals surface area contributed by atoms with Gasteiger partial charge in [-0.1, -0.05) is 0 Å². The molecule has 0 radical (unpaired) electrons. The van der Waals surface area contributed by atoms with E-state index in [0.717, 1.165) is 12.4 Å². The van der Waals surface area contributed by atoms with Gasteiger partial charge in [0.15, 0.2) is 5.82 Å². The van der Waals surface area contributed by atoms with E-state index < -0.39 is 0 Å². The van der Waals surface area contributed by atoms with Crippen molar-refractivity contribution in [2.24, 2.45) is 0 Å². The number of nitrogens with zero attached hydrogens (tertiary/aromatic N) is 4. The van der Waals surface area contributed by atoms with Gasteiger partial charge in [0.2, 0.25) is 0 Å². The minimum atomic E-state index is 0.667. The van der Waals surface area contributed by atoms with E-state index in [0.29, 0.717) is 11.8 Å². The zero-order valence-electron chi connectivity index (χ0n) is 7.72. The predicted octanol–water partition coefficient (Wildman–Crippen LogP) is 0.376. The fourth-order valence-corrected chi connectivity index (χ4v) is 1.43. The molecule has 3 rings (SSSR count). The minimum absolute atomic E-state index is 0.667. The van der Waals surface area contributed by atoms with E-state index in [9.17, 15) is 0 Å². The molecular weight excluding hydrogens is 178 g/mol. The summed E-state index contributed by atoms with van der Waals surface area (Å²) in [5, 5.41) is 11.5. The van der Waals surface area contributed by atoms with E-state index in [1.165, 1.54) is 12.8 Å². The van der Waals surface area contributed by atoms with Gasteiger partial charge in [-0.25, -0.2) is 4.98 Å². The lowest BCUT2D eigenvalue weighted by Crippen LogP contribution is -2.17. The van der Waals surface area contributed by atoms with Crippen molar-refractivity contribution in [3.05, 3.63) is 24.3 Å². The van der Waals surface area contributed by atoms with E-state index >= 15 is 0 Å². The van der Waals surface area contributed by atoms with E-state index in [1.807, 2.05) is 16.7 Å². The second-order valence-electron chi connectivity index (χ2n) is 3.56. The molecule has 1 aliphatic rings. The van der Waals surface area contributed by atoms with E-state index in [1.54, 1.807) is 6.20 Å². The molecule has 0 bridgehead atoms. The molecule has 2 aromatic heterocycles. The van der Waals surface area contributed by atoms with E-state index in [-0.39, 0.29) is 0 Å². The van der Waals surface area contributed by atoms with Gasteiger partial charge >= 0.3 is 0 Å². The van der Waals surface area contributed by atoms with Gasteiger partial charge in [0.05, 0.1) is 6.54 Å². The Morgan fingerprint density at radius 1 is 1.43 bits per heavy atom. The Hall–Kier alpha value is -1.49. The molecule has 0 atom stereocenters. The fourth-order valence-electron chi connectivity index (χ4n) is 1.43. The topological polar surface area (TPSA) is 55.1 Å². The normalized spacial score (nSPS) is 16.3. The van der Waals surface area contributed by atoms with Crippen LogP contribution in [0.25, 0.3) is 5.78 Å². The molecular formula is C9H11N5. The first-order chi connectivity index (χ1) is 6.93. The quantitative estimate of drug-likeness (QED) is 0.758. The Morgan fingerprint density at radius 2 is 2.36 bits per heavy atom. The Balaban J connectivity index is 1.87. The third kappa shape index (κ3) is 1.35. The monoisotopic (exact) mass is 189 g/mol. The summed E-state index contributed by atoms with van der Waals surface area (Å²) in [7, 11) is 0. The summed E-state index contributed by atoms with van der Waals surface area (Å²) in [6.07, 6.45) is 6.23. The Bertz CT molecular complexity index is 445. The van der Waals surface area contributed by atoms with Crippen molar-refractivity contribution in [2.45, 2.75) is 25.4 Å². The first-order valence-electron chi connectivity index (χ1n) is 4.81.